The predicted octanol–water partition coefficient (Wildman–Crippen LogP) is 2.85. The van der Waals surface area contributed by atoms with Crippen molar-refractivity contribution in [3.05, 3.63) is 40.9 Å². The monoisotopic (exact) mass is 323 g/mol. The van der Waals surface area contributed by atoms with Crippen molar-refractivity contribution < 1.29 is 15.0 Å². The molecule has 0 radical (unpaired) electrons. The van der Waals surface area contributed by atoms with Gasteiger partial charge in [0.1, 0.15) is 0 Å². The van der Waals surface area contributed by atoms with Gasteiger partial charge in [0.05, 0.1) is 6.54 Å². The zero-order valence-electron chi connectivity index (χ0n) is 10.4. The van der Waals surface area contributed by atoms with Crippen molar-refractivity contribution in [3.63, 3.8) is 0 Å². The second-order valence-corrected chi connectivity index (χ2v) is 5.55. The normalized spacial score (nSPS) is 14.1. The van der Waals surface area contributed by atoms with Crippen LogP contribution in [0.15, 0.2) is 40.9 Å². The summed E-state index contributed by atoms with van der Waals surface area (Å²) in [5, 5.41) is 23.5. The van der Waals surface area contributed by atoms with Crippen molar-refractivity contribution in [3.8, 4) is 0 Å². The molecule has 0 fully saturated rings. The van der Waals surface area contributed by atoms with Crippen molar-refractivity contribution in [2.45, 2.75) is 12.5 Å². The average molecular weight is 324 g/mol. The van der Waals surface area contributed by atoms with Gasteiger partial charge in [-0.25, -0.2) is 4.79 Å². The first-order chi connectivity index (χ1) is 8.88. The Morgan fingerprint density at radius 3 is 2.58 bits per heavy atom. The molecule has 0 aliphatic heterocycles. The van der Waals surface area contributed by atoms with E-state index in [1.54, 1.807) is 0 Å². The number of carbonyl (C=O) groups is 1. The number of hydrogen-bond donors (Lipinski definition) is 3. The maximum atomic E-state index is 10.8. The Balaban J connectivity index is 2.18. The zero-order valence-corrected chi connectivity index (χ0v) is 11.9. The van der Waals surface area contributed by atoms with Crippen molar-refractivity contribution in [1.82, 2.24) is 0 Å². The minimum absolute atomic E-state index is 0.0512. The van der Waals surface area contributed by atoms with Crippen molar-refractivity contribution in [2.75, 3.05) is 11.9 Å². The van der Waals surface area contributed by atoms with Crippen molar-refractivity contribution in [1.29, 1.82) is 0 Å². The van der Waals surface area contributed by atoms with Crippen LogP contribution >= 0.6 is 15.9 Å². The molecule has 19 heavy (non-hydrogen) atoms. The SMILES string of the molecule is CC(O)(CNc1ccc2cc(Br)ccc2c1)C(=O)O. The van der Waals surface area contributed by atoms with Crippen LogP contribution in [0, 0.1) is 0 Å². The highest BCUT2D eigenvalue weighted by atomic mass is 79.9. The number of fused-ring (bicyclic) bond motifs is 1. The topological polar surface area (TPSA) is 69.6 Å². The van der Waals surface area contributed by atoms with Gasteiger partial charge in [-0.05, 0) is 42.0 Å². The number of aliphatic hydroxyl groups is 1. The van der Waals surface area contributed by atoms with Gasteiger partial charge in [-0.15, -0.1) is 0 Å². The van der Waals surface area contributed by atoms with Crippen LogP contribution in [0.3, 0.4) is 0 Å². The van der Waals surface area contributed by atoms with E-state index in [1.165, 1.54) is 6.92 Å². The number of nitrogens with one attached hydrogen (secondary N) is 1. The Morgan fingerprint density at radius 2 is 1.89 bits per heavy atom. The Kier molecular flexibility index (Phi) is 3.78. The lowest BCUT2D eigenvalue weighted by Crippen LogP contribution is -2.41. The second kappa shape index (κ2) is 5.19. The van der Waals surface area contributed by atoms with Crippen molar-refractivity contribution >= 4 is 38.4 Å². The molecule has 0 spiro atoms. The van der Waals surface area contributed by atoms with Crippen LogP contribution in [-0.2, 0) is 4.79 Å². The number of carboxylic acids is 1. The quantitative estimate of drug-likeness (QED) is 0.809. The standard InChI is InChI=1S/C14H14BrNO3/c1-14(19,13(17)18)8-16-12-5-3-9-6-11(15)4-2-10(9)7-12/h2-7,16,19H,8H2,1H3,(H,17,18). The van der Waals surface area contributed by atoms with Gasteiger partial charge in [0.25, 0.3) is 0 Å². The molecule has 0 aromatic heterocycles. The maximum absolute atomic E-state index is 10.8. The van der Waals surface area contributed by atoms with Crippen LogP contribution in [-0.4, -0.2) is 28.3 Å². The molecule has 0 heterocycles. The van der Waals surface area contributed by atoms with Crippen LogP contribution < -0.4 is 5.32 Å². The molecule has 0 amide bonds. The van der Waals surface area contributed by atoms with Gasteiger partial charge >= 0.3 is 5.97 Å². The molecule has 2 aromatic carbocycles. The molecule has 1 unspecified atom stereocenters. The van der Waals surface area contributed by atoms with E-state index in [-0.39, 0.29) is 6.54 Å². The summed E-state index contributed by atoms with van der Waals surface area (Å²) in [6, 6.07) is 11.6. The van der Waals surface area contributed by atoms with E-state index in [0.29, 0.717) is 0 Å². The van der Waals surface area contributed by atoms with Gasteiger partial charge in [0, 0.05) is 10.2 Å². The summed E-state index contributed by atoms with van der Waals surface area (Å²) in [4.78, 5) is 10.8. The minimum atomic E-state index is -1.78. The Morgan fingerprint density at radius 1 is 1.26 bits per heavy atom. The molecule has 0 saturated carbocycles. The Labute approximate surface area is 119 Å². The van der Waals surface area contributed by atoms with E-state index in [1.807, 2.05) is 36.4 Å². The van der Waals surface area contributed by atoms with Gasteiger partial charge in [-0.2, -0.15) is 0 Å². The summed E-state index contributed by atoms with van der Waals surface area (Å²) in [7, 11) is 0. The van der Waals surface area contributed by atoms with Crippen LogP contribution in [0.1, 0.15) is 6.92 Å². The van der Waals surface area contributed by atoms with Crippen molar-refractivity contribution in [2.24, 2.45) is 0 Å². The van der Waals surface area contributed by atoms with E-state index >= 15 is 0 Å². The molecule has 0 saturated heterocycles. The smallest absolute Gasteiger partial charge is 0.337 e. The third kappa shape index (κ3) is 3.24. The number of benzene rings is 2. The summed E-state index contributed by atoms with van der Waals surface area (Å²) >= 11 is 3.41. The first-order valence-electron chi connectivity index (χ1n) is 5.77. The average Bonchev–Trinajstić information content (AvgIpc) is 2.36. The zero-order chi connectivity index (χ0) is 14.0. The summed E-state index contributed by atoms with van der Waals surface area (Å²) < 4.78 is 1.01. The number of anilines is 1. The number of hydrogen-bond acceptors (Lipinski definition) is 3. The first-order valence-corrected chi connectivity index (χ1v) is 6.57. The molecule has 0 aliphatic carbocycles. The van der Waals surface area contributed by atoms with Gasteiger partial charge in [0.15, 0.2) is 5.60 Å². The third-order valence-corrected chi connectivity index (χ3v) is 3.39. The summed E-state index contributed by atoms with van der Waals surface area (Å²) in [5.74, 6) is -1.25. The van der Waals surface area contributed by atoms with E-state index in [4.69, 9.17) is 5.11 Å². The van der Waals surface area contributed by atoms with E-state index < -0.39 is 11.6 Å². The molecule has 3 N–H and O–H groups in total. The number of aliphatic carboxylic acids is 1. The Hall–Kier alpha value is -1.59. The first kappa shape index (κ1) is 13.8. The summed E-state index contributed by atoms with van der Waals surface area (Å²) in [6.45, 7) is 1.21. The fraction of sp³-hybridized carbons (Fsp3) is 0.214. The molecule has 1 atom stereocenters. The molecule has 100 valence electrons. The summed E-state index contributed by atoms with van der Waals surface area (Å²) in [6.07, 6.45) is 0. The molecule has 5 heteroatoms. The number of halogens is 1. The lowest BCUT2D eigenvalue weighted by Gasteiger charge is -2.19. The molecular weight excluding hydrogens is 310 g/mol. The lowest BCUT2D eigenvalue weighted by atomic mass is 10.1. The molecule has 0 aliphatic rings. The molecule has 4 nitrogen and oxygen atoms in total. The fourth-order valence-corrected chi connectivity index (χ4v) is 2.06. The largest absolute Gasteiger partial charge is 0.479 e. The third-order valence-electron chi connectivity index (χ3n) is 2.90. The molecule has 2 rings (SSSR count). The number of carboxylic acid groups (broad SMARTS) is 1. The highest BCUT2D eigenvalue weighted by Gasteiger charge is 2.29. The van der Waals surface area contributed by atoms with Gasteiger partial charge in [0.2, 0.25) is 0 Å². The van der Waals surface area contributed by atoms with E-state index in [9.17, 15) is 9.90 Å². The Bertz CT molecular complexity index is 625. The van der Waals surface area contributed by atoms with Gasteiger partial charge in [-0.3, -0.25) is 0 Å². The van der Waals surface area contributed by atoms with Gasteiger partial charge < -0.3 is 15.5 Å². The highest BCUT2D eigenvalue weighted by Crippen LogP contribution is 2.23. The highest BCUT2D eigenvalue weighted by molar-refractivity contribution is 9.10. The second-order valence-electron chi connectivity index (χ2n) is 4.64. The summed E-state index contributed by atoms with van der Waals surface area (Å²) in [5.41, 5.74) is -1.01. The van der Waals surface area contributed by atoms with Gasteiger partial charge in [-0.1, -0.05) is 28.1 Å². The molecule has 0 bridgehead atoms. The minimum Gasteiger partial charge on any atom is -0.479 e. The van der Waals surface area contributed by atoms with Crippen LogP contribution in [0.2, 0.25) is 0 Å². The molecular formula is C14H14BrNO3. The number of rotatable bonds is 4. The van der Waals surface area contributed by atoms with Crippen LogP contribution in [0.4, 0.5) is 5.69 Å². The van der Waals surface area contributed by atoms with Crippen LogP contribution in [0.25, 0.3) is 10.8 Å². The fourth-order valence-electron chi connectivity index (χ4n) is 1.68. The predicted molar refractivity (Wildman–Crippen MR) is 78.4 cm³/mol. The van der Waals surface area contributed by atoms with E-state index in [2.05, 4.69) is 21.2 Å². The lowest BCUT2D eigenvalue weighted by molar-refractivity contribution is -0.155. The maximum Gasteiger partial charge on any atom is 0.337 e. The molecule has 2 aromatic rings. The van der Waals surface area contributed by atoms with E-state index in [0.717, 1.165) is 20.9 Å². The van der Waals surface area contributed by atoms with Crippen LogP contribution in [0.5, 0.6) is 0 Å².